The van der Waals surface area contributed by atoms with Crippen LogP contribution in [0.2, 0.25) is 5.02 Å². The molecule has 0 heterocycles. The molecular formula is C15H20BrClO. The Morgan fingerprint density at radius 3 is 2.56 bits per heavy atom. The topological polar surface area (TPSA) is 9.23 Å². The Kier molecular flexibility index (Phi) is 4.28. The van der Waals surface area contributed by atoms with E-state index in [1.54, 1.807) is 0 Å². The molecule has 1 fully saturated rings. The van der Waals surface area contributed by atoms with E-state index in [1.165, 1.54) is 0 Å². The summed E-state index contributed by atoms with van der Waals surface area (Å²) >= 11 is 10.0. The Bertz CT molecular complexity index is 429. The molecule has 1 aromatic rings. The van der Waals surface area contributed by atoms with Crippen molar-refractivity contribution in [1.82, 2.24) is 0 Å². The number of aryl methyl sites for hydroxylation is 1. The summed E-state index contributed by atoms with van der Waals surface area (Å²) in [5.74, 6) is 0.818. The van der Waals surface area contributed by atoms with Crippen molar-refractivity contribution in [3.63, 3.8) is 0 Å². The number of benzene rings is 1. The molecule has 0 N–H and O–H groups in total. The summed E-state index contributed by atoms with van der Waals surface area (Å²) in [6.45, 7) is 6.52. The van der Waals surface area contributed by atoms with E-state index < -0.39 is 0 Å². The van der Waals surface area contributed by atoms with E-state index >= 15 is 0 Å². The Labute approximate surface area is 123 Å². The summed E-state index contributed by atoms with van der Waals surface area (Å²) in [7, 11) is 0. The van der Waals surface area contributed by atoms with E-state index in [4.69, 9.17) is 16.3 Å². The predicted molar refractivity (Wildman–Crippen MR) is 81.0 cm³/mol. The second-order valence-corrected chi connectivity index (χ2v) is 6.70. The van der Waals surface area contributed by atoms with Crippen LogP contribution in [-0.2, 0) is 0 Å². The molecule has 1 aromatic carbocycles. The third-order valence-electron chi connectivity index (χ3n) is 4.36. The Morgan fingerprint density at radius 1 is 1.39 bits per heavy atom. The van der Waals surface area contributed by atoms with E-state index in [0.717, 1.165) is 30.6 Å². The van der Waals surface area contributed by atoms with Crippen molar-refractivity contribution >= 4 is 27.5 Å². The maximum absolute atomic E-state index is 6.23. The second-order valence-electron chi connectivity index (χ2n) is 5.18. The molecule has 3 heteroatoms. The molecule has 18 heavy (non-hydrogen) atoms. The smallest absolute Gasteiger partial charge is 0.138 e. The van der Waals surface area contributed by atoms with Gasteiger partial charge in [-0.1, -0.05) is 47.4 Å². The molecule has 0 amide bonds. The first kappa shape index (κ1) is 14.2. The van der Waals surface area contributed by atoms with E-state index in [9.17, 15) is 0 Å². The second kappa shape index (κ2) is 5.42. The number of rotatable bonds is 4. The van der Waals surface area contributed by atoms with Crippen LogP contribution in [0, 0.1) is 12.3 Å². The SMILES string of the molecule is CCC1(CC)C(Br)CC1Oc1ccc(C)cc1Cl. The Hall–Kier alpha value is -0.210. The lowest BCUT2D eigenvalue weighted by Crippen LogP contribution is -2.56. The van der Waals surface area contributed by atoms with Crippen LogP contribution in [0.25, 0.3) is 0 Å². The number of hydrogen-bond donors (Lipinski definition) is 0. The van der Waals surface area contributed by atoms with Crippen LogP contribution in [0.5, 0.6) is 5.75 Å². The van der Waals surface area contributed by atoms with E-state index in [0.29, 0.717) is 9.85 Å². The first-order valence-electron chi connectivity index (χ1n) is 6.60. The minimum atomic E-state index is 0.258. The summed E-state index contributed by atoms with van der Waals surface area (Å²) in [6.07, 6.45) is 3.60. The van der Waals surface area contributed by atoms with Crippen molar-refractivity contribution in [2.75, 3.05) is 0 Å². The maximum Gasteiger partial charge on any atom is 0.138 e. The summed E-state index contributed by atoms with van der Waals surface area (Å²) in [5, 5.41) is 0.717. The van der Waals surface area contributed by atoms with Crippen molar-refractivity contribution in [2.24, 2.45) is 5.41 Å². The predicted octanol–water partition coefficient (Wildman–Crippen LogP) is 5.37. The van der Waals surface area contributed by atoms with Gasteiger partial charge in [0.15, 0.2) is 0 Å². The number of halogens is 2. The molecule has 0 spiro atoms. The van der Waals surface area contributed by atoms with Gasteiger partial charge in [0.25, 0.3) is 0 Å². The molecule has 2 atom stereocenters. The van der Waals surface area contributed by atoms with Gasteiger partial charge in [-0.3, -0.25) is 0 Å². The molecule has 0 aliphatic heterocycles. The van der Waals surface area contributed by atoms with Gasteiger partial charge in [-0.15, -0.1) is 0 Å². The summed E-state index contributed by atoms with van der Waals surface area (Å²) < 4.78 is 6.14. The molecule has 0 bridgehead atoms. The molecule has 0 aromatic heterocycles. The van der Waals surface area contributed by atoms with Crippen LogP contribution in [0.15, 0.2) is 18.2 Å². The fourth-order valence-electron chi connectivity index (χ4n) is 2.87. The molecular weight excluding hydrogens is 312 g/mol. The standard InChI is InChI=1S/C15H20BrClO/c1-4-15(5-2)13(16)9-14(15)18-12-7-6-10(3)8-11(12)17/h6-8,13-14H,4-5,9H2,1-3H3. The molecule has 2 unspecified atom stereocenters. The zero-order valence-corrected chi connectivity index (χ0v) is 13.5. The van der Waals surface area contributed by atoms with Crippen LogP contribution in [0.3, 0.4) is 0 Å². The molecule has 0 radical (unpaired) electrons. The lowest BCUT2D eigenvalue weighted by molar-refractivity contribution is -0.0410. The van der Waals surface area contributed by atoms with Gasteiger partial charge in [0, 0.05) is 10.2 Å². The molecule has 0 saturated heterocycles. The average Bonchev–Trinajstić information content (AvgIpc) is 2.33. The number of ether oxygens (including phenoxy) is 1. The van der Waals surface area contributed by atoms with Gasteiger partial charge in [0.05, 0.1) is 5.02 Å². The van der Waals surface area contributed by atoms with Gasteiger partial charge < -0.3 is 4.74 Å². The molecule has 1 aliphatic rings. The molecule has 1 aliphatic carbocycles. The van der Waals surface area contributed by atoms with Gasteiger partial charge in [-0.2, -0.15) is 0 Å². The van der Waals surface area contributed by atoms with Crippen LogP contribution in [0.4, 0.5) is 0 Å². The highest BCUT2D eigenvalue weighted by molar-refractivity contribution is 9.09. The first-order chi connectivity index (χ1) is 8.53. The van der Waals surface area contributed by atoms with Crippen LogP contribution in [0.1, 0.15) is 38.7 Å². The summed E-state index contributed by atoms with van der Waals surface area (Å²) in [6, 6.07) is 5.99. The monoisotopic (exact) mass is 330 g/mol. The molecule has 1 nitrogen and oxygen atoms in total. The van der Waals surface area contributed by atoms with Crippen molar-refractivity contribution < 1.29 is 4.74 Å². The minimum absolute atomic E-state index is 0.258. The highest BCUT2D eigenvalue weighted by Gasteiger charge is 2.53. The lowest BCUT2D eigenvalue weighted by Gasteiger charge is -2.52. The van der Waals surface area contributed by atoms with Gasteiger partial charge in [-0.25, -0.2) is 0 Å². The Balaban J connectivity index is 2.15. The molecule has 2 rings (SSSR count). The third-order valence-corrected chi connectivity index (χ3v) is 5.94. The van der Waals surface area contributed by atoms with Gasteiger partial charge in [0.1, 0.15) is 11.9 Å². The van der Waals surface area contributed by atoms with E-state index in [1.807, 2.05) is 25.1 Å². The van der Waals surface area contributed by atoms with Crippen LogP contribution >= 0.6 is 27.5 Å². The van der Waals surface area contributed by atoms with Crippen molar-refractivity contribution in [2.45, 2.75) is 51.0 Å². The van der Waals surface area contributed by atoms with E-state index in [2.05, 4.69) is 29.8 Å². The highest BCUT2D eigenvalue weighted by atomic mass is 79.9. The van der Waals surface area contributed by atoms with Crippen molar-refractivity contribution in [3.8, 4) is 5.75 Å². The zero-order chi connectivity index (χ0) is 13.3. The molecule has 1 saturated carbocycles. The highest BCUT2D eigenvalue weighted by Crippen LogP contribution is 2.53. The zero-order valence-electron chi connectivity index (χ0n) is 11.2. The summed E-state index contributed by atoms with van der Waals surface area (Å²) in [4.78, 5) is 0.564. The first-order valence-corrected chi connectivity index (χ1v) is 7.89. The quantitative estimate of drug-likeness (QED) is 0.674. The maximum atomic E-state index is 6.23. The molecule has 100 valence electrons. The fourth-order valence-corrected chi connectivity index (χ4v) is 4.43. The summed E-state index contributed by atoms with van der Waals surface area (Å²) in [5.41, 5.74) is 1.42. The number of hydrogen-bond acceptors (Lipinski definition) is 1. The normalized spacial score (nSPS) is 25.6. The van der Waals surface area contributed by atoms with Crippen molar-refractivity contribution in [3.05, 3.63) is 28.8 Å². The van der Waals surface area contributed by atoms with Crippen LogP contribution in [-0.4, -0.2) is 10.9 Å². The lowest BCUT2D eigenvalue weighted by atomic mass is 9.62. The van der Waals surface area contributed by atoms with Gasteiger partial charge >= 0.3 is 0 Å². The minimum Gasteiger partial charge on any atom is -0.488 e. The average molecular weight is 332 g/mol. The van der Waals surface area contributed by atoms with Gasteiger partial charge in [0.2, 0.25) is 0 Å². The van der Waals surface area contributed by atoms with E-state index in [-0.39, 0.29) is 11.5 Å². The van der Waals surface area contributed by atoms with Gasteiger partial charge in [-0.05, 0) is 43.9 Å². The number of alkyl halides is 1. The largest absolute Gasteiger partial charge is 0.488 e. The Morgan fingerprint density at radius 2 is 2.06 bits per heavy atom. The van der Waals surface area contributed by atoms with Crippen molar-refractivity contribution in [1.29, 1.82) is 0 Å². The van der Waals surface area contributed by atoms with Crippen LogP contribution < -0.4 is 4.74 Å². The third kappa shape index (κ3) is 2.30. The fraction of sp³-hybridized carbons (Fsp3) is 0.600.